The van der Waals surface area contributed by atoms with Crippen LogP contribution in [0.2, 0.25) is 0 Å². The van der Waals surface area contributed by atoms with E-state index in [1.54, 1.807) is 43.3 Å². The molecule has 0 aromatic heterocycles. The number of nitrogens with zero attached hydrogens (tertiary/aromatic N) is 1. The first-order valence-corrected chi connectivity index (χ1v) is 9.39. The third-order valence-electron chi connectivity index (χ3n) is 4.10. The molecule has 2 aromatic carbocycles. The van der Waals surface area contributed by atoms with Gasteiger partial charge in [0.25, 0.3) is 5.91 Å². The normalized spacial score (nSPS) is 16.2. The van der Waals surface area contributed by atoms with Gasteiger partial charge in [-0.1, -0.05) is 12.1 Å². The van der Waals surface area contributed by atoms with E-state index in [1.807, 2.05) is 6.07 Å². The Balaban J connectivity index is 1.67. The number of para-hydroxylation sites is 1. The van der Waals surface area contributed by atoms with Gasteiger partial charge in [-0.05, 0) is 44.2 Å². The SMILES string of the molecule is C[C@@H]1Sc2ccc(C(=O)O[C@H](C)C(=O)Nc3ccccc3C#N)cc2NC1=O. The molecule has 3 rings (SSSR count). The number of benzene rings is 2. The van der Waals surface area contributed by atoms with E-state index in [4.69, 9.17) is 10.00 Å². The molecule has 2 amide bonds. The molecule has 0 saturated carbocycles. The van der Waals surface area contributed by atoms with Gasteiger partial charge in [-0.2, -0.15) is 5.26 Å². The minimum absolute atomic E-state index is 0.132. The second kappa shape index (κ2) is 8.15. The summed E-state index contributed by atoms with van der Waals surface area (Å²) in [7, 11) is 0. The number of anilines is 2. The van der Waals surface area contributed by atoms with Gasteiger partial charge in [0.2, 0.25) is 5.91 Å². The van der Waals surface area contributed by atoms with Crippen molar-refractivity contribution in [3.8, 4) is 6.07 Å². The number of carbonyl (C=O) groups excluding carboxylic acids is 3. The zero-order valence-electron chi connectivity index (χ0n) is 15.2. The molecule has 1 aliphatic heterocycles. The van der Waals surface area contributed by atoms with Gasteiger partial charge in [0.15, 0.2) is 6.10 Å². The zero-order valence-corrected chi connectivity index (χ0v) is 16.0. The van der Waals surface area contributed by atoms with Crippen molar-refractivity contribution in [3.05, 3.63) is 53.6 Å². The van der Waals surface area contributed by atoms with Crippen LogP contribution >= 0.6 is 11.8 Å². The van der Waals surface area contributed by atoms with E-state index in [0.717, 1.165) is 4.90 Å². The maximum atomic E-state index is 12.4. The van der Waals surface area contributed by atoms with Crippen molar-refractivity contribution in [2.24, 2.45) is 0 Å². The highest BCUT2D eigenvalue weighted by Crippen LogP contribution is 2.36. The molecule has 0 saturated heterocycles. The Kier molecular flexibility index (Phi) is 5.66. The summed E-state index contributed by atoms with van der Waals surface area (Å²) in [5.74, 6) is -1.37. The van der Waals surface area contributed by atoms with Crippen LogP contribution in [-0.2, 0) is 14.3 Å². The summed E-state index contributed by atoms with van der Waals surface area (Å²) in [6, 6.07) is 13.4. The summed E-state index contributed by atoms with van der Waals surface area (Å²) < 4.78 is 5.23. The Labute approximate surface area is 166 Å². The number of thioether (sulfide) groups is 1. The third kappa shape index (κ3) is 4.15. The summed E-state index contributed by atoms with van der Waals surface area (Å²) in [6.07, 6.45) is -1.07. The van der Waals surface area contributed by atoms with Crippen molar-refractivity contribution >= 4 is 40.9 Å². The fraction of sp³-hybridized carbons (Fsp3) is 0.200. The van der Waals surface area contributed by atoms with Crippen LogP contribution in [0.3, 0.4) is 0 Å². The van der Waals surface area contributed by atoms with E-state index in [0.29, 0.717) is 16.9 Å². The van der Waals surface area contributed by atoms with Gasteiger partial charge in [-0.25, -0.2) is 4.79 Å². The number of esters is 1. The smallest absolute Gasteiger partial charge is 0.338 e. The molecule has 2 atom stereocenters. The summed E-state index contributed by atoms with van der Waals surface area (Å²) in [6.45, 7) is 3.25. The number of hydrogen-bond donors (Lipinski definition) is 2. The molecular formula is C20H17N3O4S. The number of fused-ring (bicyclic) bond motifs is 1. The van der Waals surface area contributed by atoms with E-state index in [-0.39, 0.29) is 16.7 Å². The summed E-state index contributed by atoms with van der Waals surface area (Å²) in [4.78, 5) is 37.4. The van der Waals surface area contributed by atoms with Crippen molar-refractivity contribution in [2.45, 2.75) is 30.1 Å². The average Bonchev–Trinajstić information content (AvgIpc) is 2.68. The first-order valence-electron chi connectivity index (χ1n) is 8.51. The molecule has 0 aliphatic carbocycles. The maximum Gasteiger partial charge on any atom is 0.338 e. The molecule has 28 heavy (non-hydrogen) atoms. The Bertz CT molecular complexity index is 999. The minimum atomic E-state index is -1.07. The van der Waals surface area contributed by atoms with Crippen molar-refractivity contribution < 1.29 is 19.1 Å². The first-order chi connectivity index (χ1) is 13.4. The second-order valence-corrected chi connectivity index (χ2v) is 7.54. The zero-order chi connectivity index (χ0) is 20.3. The number of ether oxygens (including phenoxy) is 1. The summed E-state index contributed by atoms with van der Waals surface area (Å²) in [5.41, 5.74) is 1.43. The highest BCUT2D eigenvalue weighted by Gasteiger charge is 2.25. The van der Waals surface area contributed by atoms with Crippen molar-refractivity contribution in [3.63, 3.8) is 0 Å². The number of rotatable bonds is 4. The number of hydrogen-bond acceptors (Lipinski definition) is 6. The molecule has 142 valence electrons. The van der Waals surface area contributed by atoms with Crippen LogP contribution in [0.1, 0.15) is 29.8 Å². The predicted molar refractivity (Wildman–Crippen MR) is 105 cm³/mol. The molecule has 2 N–H and O–H groups in total. The number of nitriles is 1. The lowest BCUT2D eigenvalue weighted by atomic mass is 10.2. The molecule has 1 aliphatic rings. The Morgan fingerprint density at radius 1 is 1.29 bits per heavy atom. The monoisotopic (exact) mass is 395 g/mol. The second-order valence-electron chi connectivity index (χ2n) is 6.15. The van der Waals surface area contributed by atoms with Crippen molar-refractivity contribution in [2.75, 3.05) is 10.6 Å². The van der Waals surface area contributed by atoms with Gasteiger partial charge in [0, 0.05) is 4.90 Å². The Morgan fingerprint density at radius 3 is 2.79 bits per heavy atom. The van der Waals surface area contributed by atoms with E-state index >= 15 is 0 Å². The largest absolute Gasteiger partial charge is 0.449 e. The predicted octanol–water partition coefficient (Wildman–Crippen LogP) is 3.17. The topological polar surface area (TPSA) is 108 Å². The van der Waals surface area contributed by atoms with Crippen LogP contribution in [-0.4, -0.2) is 29.1 Å². The molecule has 0 spiro atoms. The molecule has 7 nitrogen and oxygen atoms in total. The highest BCUT2D eigenvalue weighted by molar-refractivity contribution is 8.00. The standard InChI is InChI=1S/C20H17N3O4S/c1-11(18(24)22-15-6-4-3-5-14(15)10-21)27-20(26)13-7-8-17-16(9-13)23-19(25)12(2)28-17/h3-9,11-12H,1-2H3,(H,22,24)(H,23,25)/t11-,12+/m1/s1. The average molecular weight is 395 g/mol. The van der Waals surface area contributed by atoms with Crippen LogP contribution < -0.4 is 10.6 Å². The van der Waals surface area contributed by atoms with Gasteiger partial charge in [0.1, 0.15) is 6.07 Å². The third-order valence-corrected chi connectivity index (χ3v) is 5.28. The van der Waals surface area contributed by atoms with Crippen molar-refractivity contribution in [1.29, 1.82) is 5.26 Å². The first kappa shape index (κ1) is 19.5. The fourth-order valence-corrected chi connectivity index (χ4v) is 3.47. The number of nitrogens with one attached hydrogen (secondary N) is 2. The van der Waals surface area contributed by atoms with Gasteiger partial charge in [-0.15, -0.1) is 11.8 Å². The molecule has 8 heteroatoms. The van der Waals surface area contributed by atoms with Crippen LogP contribution in [0, 0.1) is 11.3 Å². The maximum absolute atomic E-state index is 12.4. The minimum Gasteiger partial charge on any atom is -0.449 e. The Morgan fingerprint density at radius 2 is 2.04 bits per heavy atom. The molecule has 0 radical (unpaired) electrons. The summed E-state index contributed by atoms with van der Waals surface area (Å²) in [5, 5.41) is 14.2. The lowest BCUT2D eigenvalue weighted by Gasteiger charge is -2.22. The molecule has 0 fully saturated rings. The number of amides is 2. The van der Waals surface area contributed by atoms with Gasteiger partial charge < -0.3 is 15.4 Å². The molecule has 2 aromatic rings. The number of carbonyl (C=O) groups is 3. The van der Waals surface area contributed by atoms with Crippen LogP contribution in [0.4, 0.5) is 11.4 Å². The van der Waals surface area contributed by atoms with Gasteiger partial charge in [0.05, 0.1) is 27.8 Å². The lowest BCUT2D eigenvalue weighted by Crippen LogP contribution is -2.30. The van der Waals surface area contributed by atoms with Crippen LogP contribution in [0.15, 0.2) is 47.4 Å². The molecular weight excluding hydrogens is 378 g/mol. The van der Waals surface area contributed by atoms with E-state index in [2.05, 4.69) is 10.6 Å². The van der Waals surface area contributed by atoms with E-state index < -0.39 is 18.0 Å². The molecule has 0 bridgehead atoms. The Hall–Kier alpha value is -3.31. The van der Waals surface area contributed by atoms with Crippen molar-refractivity contribution in [1.82, 2.24) is 0 Å². The van der Waals surface area contributed by atoms with Crippen LogP contribution in [0.25, 0.3) is 0 Å². The van der Waals surface area contributed by atoms with Crippen LogP contribution in [0.5, 0.6) is 0 Å². The molecule has 0 unspecified atom stereocenters. The molecule has 1 heterocycles. The van der Waals surface area contributed by atoms with Gasteiger partial charge >= 0.3 is 5.97 Å². The van der Waals surface area contributed by atoms with E-state index in [9.17, 15) is 14.4 Å². The lowest BCUT2D eigenvalue weighted by molar-refractivity contribution is -0.123. The van der Waals surface area contributed by atoms with Gasteiger partial charge in [-0.3, -0.25) is 9.59 Å². The fourth-order valence-electron chi connectivity index (χ4n) is 2.54. The highest BCUT2D eigenvalue weighted by atomic mass is 32.2. The quantitative estimate of drug-likeness (QED) is 0.770. The summed E-state index contributed by atoms with van der Waals surface area (Å²) >= 11 is 1.41. The van der Waals surface area contributed by atoms with E-state index in [1.165, 1.54) is 24.8 Å².